The number of piperazine rings is 1. The van der Waals surface area contributed by atoms with Gasteiger partial charge in [-0.05, 0) is 44.1 Å². The summed E-state index contributed by atoms with van der Waals surface area (Å²) in [6.45, 7) is 10.9. The number of nitrogens with one attached hydrogen (secondary N) is 1. The van der Waals surface area contributed by atoms with Crippen molar-refractivity contribution in [3.8, 4) is 0 Å². The average Bonchev–Trinajstić information content (AvgIpc) is 3.13. The van der Waals surface area contributed by atoms with Crippen molar-refractivity contribution in [1.29, 1.82) is 0 Å². The van der Waals surface area contributed by atoms with Gasteiger partial charge in [0.05, 0.1) is 0 Å². The van der Waals surface area contributed by atoms with Gasteiger partial charge in [0, 0.05) is 25.2 Å². The van der Waals surface area contributed by atoms with E-state index in [0.717, 1.165) is 23.9 Å². The van der Waals surface area contributed by atoms with Gasteiger partial charge in [0.25, 0.3) is 0 Å². The SMILES string of the molecule is CCCCCN1CC(CC(C)C)NCC1C1CC1. The number of rotatable bonds is 7. The Morgan fingerprint density at radius 1 is 1.22 bits per heavy atom. The maximum atomic E-state index is 3.80. The molecule has 0 aromatic rings. The van der Waals surface area contributed by atoms with E-state index in [4.69, 9.17) is 0 Å². The van der Waals surface area contributed by atoms with Crippen molar-refractivity contribution in [3.63, 3.8) is 0 Å². The van der Waals surface area contributed by atoms with Crippen LogP contribution in [0.2, 0.25) is 0 Å². The van der Waals surface area contributed by atoms with Crippen molar-refractivity contribution in [1.82, 2.24) is 10.2 Å². The minimum atomic E-state index is 0.738. The Labute approximate surface area is 114 Å². The zero-order chi connectivity index (χ0) is 13.0. The first-order chi connectivity index (χ1) is 8.70. The standard InChI is InChI=1S/C16H32N2/c1-4-5-6-9-18-12-15(10-13(2)3)17-11-16(18)14-7-8-14/h13-17H,4-12H2,1-3H3. The molecule has 0 radical (unpaired) electrons. The minimum Gasteiger partial charge on any atom is -0.311 e. The smallest absolute Gasteiger partial charge is 0.0249 e. The van der Waals surface area contributed by atoms with Crippen molar-refractivity contribution in [3.05, 3.63) is 0 Å². The van der Waals surface area contributed by atoms with Crippen molar-refractivity contribution in [2.45, 2.75) is 71.4 Å². The third kappa shape index (κ3) is 4.24. The van der Waals surface area contributed by atoms with E-state index in [2.05, 4.69) is 31.0 Å². The Morgan fingerprint density at radius 3 is 2.61 bits per heavy atom. The molecule has 0 bridgehead atoms. The molecule has 0 spiro atoms. The van der Waals surface area contributed by atoms with Crippen LogP contribution in [0.4, 0.5) is 0 Å². The van der Waals surface area contributed by atoms with Crippen LogP contribution in [0.1, 0.15) is 59.3 Å². The molecule has 2 unspecified atom stereocenters. The zero-order valence-electron chi connectivity index (χ0n) is 12.6. The molecule has 2 aliphatic rings. The quantitative estimate of drug-likeness (QED) is 0.700. The lowest BCUT2D eigenvalue weighted by Gasteiger charge is -2.41. The molecule has 106 valence electrons. The maximum Gasteiger partial charge on any atom is 0.0249 e. The molecular weight excluding hydrogens is 220 g/mol. The highest BCUT2D eigenvalue weighted by Crippen LogP contribution is 2.36. The Balaban J connectivity index is 1.82. The summed E-state index contributed by atoms with van der Waals surface area (Å²) in [6, 6.07) is 1.59. The van der Waals surface area contributed by atoms with Gasteiger partial charge in [-0.3, -0.25) is 4.90 Å². The summed E-state index contributed by atoms with van der Waals surface area (Å²) in [7, 11) is 0. The molecule has 1 heterocycles. The fourth-order valence-electron chi connectivity index (χ4n) is 3.39. The van der Waals surface area contributed by atoms with E-state index < -0.39 is 0 Å². The molecule has 1 saturated carbocycles. The normalized spacial score (nSPS) is 30.0. The molecule has 1 aliphatic carbocycles. The largest absolute Gasteiger partial charge is 0.311 e. The molecule has 1 N–H and O–H groups in total. The number of nitrogens with zero attached hydrogens (tertiary/aromatic N) is 1. The van der Waals surface area contributed by atoms with E-state index in [1.807, 2.05) is 0 Å². The third-order valence-corrected chi connectivity index (χ3v) is 4.51. The van der Waals surface area contributed by atoms with Crippen molar-refractivity contribution >= 4 is 0 Å². The zero-order valence-corrected chi connectivity index (χ0v) is 12.6. The predicted molar refractivity (Wildman–Crippen MR) is 78.9 cm³/mol. The van der Waals surface area contributed by atoms with Crippen LogP contribution in [0.25, 0.3) is 0 Å². The molecule has 2 nitrogen and oxygen atoms in total. The van der Waals surface area contributed by atoms with E-state index in [1.54, 1.807) is 0 Å². The summed E-state index contributed by atoms with van der Waals surface area (Å²) in [4.78, 5) is 2.82. The molecule has 0 aromatic carbocycles. The van der Waals surface area contributed by atoms with E-state index in [1.165, 1.54) is 58.2 Å². The van der Waals surface area contributed by atoms with Crippen LogP contribution in [-0.4, -0.2) is 36.6 Å². The van der Waals surface area contributed by atoms with Gasteiger partial charge >= 0.3 is 0 Å². The van der Waals surface area contributed by atoms with Crippen LogP contribution in [-0.2, 0) is 0 Å². The molecule has 2 heteroatoms. The van der Waals surface area contributed by atoms with Gasteiger partial charge in [-0.25, -0.2) is 0 Å². The topological polar surface area (TPSA) is 15.3 Å². The minimum absolute atomic E-state index is 0.738. The highest BCUT2D eigenvalue weighted by molar-refractivity contribution is 4.95. The molecule has 18 heavy (non-hydrogen) atoms. The summed E-state index contributed by atoms with van der Waals surface area (Å²) < 4.78 is 0. The molecule has 1 aliphatic heterocycles. The number of hydrogen-bond donors (Lipinski definition) is 1. The van der Waals surface area contributed by atoms with Gasteiger partial charge in [-0.15, -0.1) is 0 Å². The first-order valence-electron chi connectivity index (χ1n) is 8.18. The molecule has 2 atom stereocenters. The highest BCUT2D eigenvalue weighted by Gasteiger charge is 2.38. The van der Waals surface area contributed by atoms with Gasteiger partial charge in [-0.1, -0.05) is 33.6 Å². The molecule has 2 rings (SSSR count). The summed E-state index contributed by atoms with van der Waals surface area (Å²) in [5, 5.41) is 3.80. The van der Waals surface area contributed by atoms with E-state index >= 15 is 0 Å². The summed E-state index contributed by atoms with van der Waals surface area (Å²) in [5.74, 6) is 1.83. The summed E-state index contributed by atoms with van der Waals surface area (Å²) in [5.41, 5.74) is 0. The van der Waals surface area contributed by atoms with E-state index in [9.17, 15) is 0 Å². The lowest BCUT2D eigenvalue weighted by atomic mass is 9.98. The molecule has 0 aromatic heterocycles. The summed E-state index contributed by atoms with van der Waals surface area (Å²) in [6.07, 6.45) is 8.43. The van der Waals surface area contributed by atoms with Crippen LogP contribution in [0, 0.1) is 11.8 Å². The second-order valence-electron chi connectivity index (χ2n) is 6.84. The van der Waals surface area contributed by atoms with Crippen molar-refractivity contribution < 1.29 is 0 Å². The summed E-state index contributed by atoms with van der Waals surface area (Å²) >= 11 is 0. The van der Waals surface area contributed by atoms with Crippen molar-refractivity contribution in [2.24, 2.45) is 11.8 Å². The molecule has 1 saturated heterocycles. The Kier molecular flexibility index (Phi) is 5.50. The maximum absolute atomic E-state index is 3.80. The fraction of sp³-hybridized carbons (Fsp3) is 1.00. The Bertz CT molecular complexity index is 235. The van der Waals surface area contributed by atoms with Crippen LogP contribution in [0.5, 0.6) is 0 Å². The first kappa shape index (κ1) is 14.3. The van der Waals surface area contributed by atoms with Gasteiger partial charge in [0.2, 0.25) is 0 Å². The van der Waals surface area contributed by atoms with Crippen LogP contribution >= 0.6 is 0 Å². The number of hydrogen-bond acceptors (Lipinski definition) is 2. The van der Waals surface area contributed by atoms with Crippen molar-refractivity contribution in [2.75, 3.05) is 19.6 Å². The van der Waals surface area contributed by atoms with Crippen LogP contribution in [0.15, 0.2) is 0 Å². The van der Waals surface area contributed by atoms with Gasteiger partial charge < -0.3 is 5.32 Å². The van der Waals surface area contributed by atoms with Gasteiger partial charge in [0.15, 0.2) is 0 Å². The Hall–Kier alpha value is -0.0800. The third-order valence-electron chi connectivity index (χ3n) is 4.51. The van der Waals surface area contributed by atoms with Gasteiger partial charge in [0.1, 0.15) is 0 Å². The van der Waals surface area contributed by atoms with Crippen LogP contribution < -0.4 is 5.32 Å². The lowest BCUT2D eigenvalue weighted by Crippen LogP contribution is -2.57. The second kappa shape index (κ2) is 6.91. The Morgan fingerprint density at radius 2 is 2.00 bits per heavy atom. The predicted octanol–water partition coefficient (Wildman–Crippen LogP) is 3.28. The first-order valence-corrected chi connectivity index (χ1v) is 8.18. The second-order valence-corrected chi connectivity index (χ2v) is 6.84. The average molecular weight is 252 g/mol. The van der Waals surface area contributed by atoms with E-state index in [0.29, 0.717) is 0 Å². The van der Waals surface area contributed by atoms with E-state index in [-0.39, 0.29) is 0 Å². The lowest BCUT2D eigenvalue weighted by molar-refractivity contribution is 0.105. The number of unbranched alkanes of at least 4 members (excludes halogenated alkanes) is 2. The molecule has 2 fully saturated rings. The monoisotopic (exact) mass is 252 g/mol. The molecular formula is C16H32N2. The fourth-order valence-corrected chi connectivity index (χ4v) is 3.39. The van der Waals surface area contributed by atoms with Crippen LogP contribution in [0.3, 0.4) is 0 Å². The van der Waals surface area contributed by atoms with Gasteiger partial charge in [-0.2, -0.15) is 0 Å². The highest BCUT2D eigenvalue weighted by atomic mass is 15.2. The molecule has 0 amide bonds.